The fourth-order valence-electron chi connectivity index (χ4n) is 3.68. The molecule has 0 spiro atoms. The largest absolute Gasteiger partial charge is 0.370 e. The number of primary amides is 1. The van der Waals surface area contributed by atoms with Crippen LogP contribution in [-0.4, -0.2) is 55.0 Å². The number of nitrogens with zero attached hydrogens (tertiary/aromatic N) is 6. The zero-order chi connectivity index (χ0) is 17.2. The Morgan fingerprint density at radius 3 is 2.64 bits per heavy atom. The average Bonchev–Trinajstić information content (AvgIpc) is 3.15. The Morgan fingerprint density at radius 2 is 2.00 bits per heavy atom. The van der Waals surface area contributed by atoms with Crippen molar-refractivity contribution < 1.29 is 4.79 Å². The zero-order valence-electron chi connectivity index (χ0n) is 14.4. The van der Waals surface area contributed by atoms with Gasteiger partial charge in [-0.05, 0) is 44.8 Å². The molecule has 25 heavy (non-hydrogen) atoms. The monoisotopic (exact) mass is 343 g/mol. The molecule has 0 atom stereocenters. The van der Waals surface area contributed by atoms with Gasteiger partial charge in [0.1, 0.15) is 12.4 Å². The van der Waals surface area contributed by atoms with E-state index in [2.05, 4.69) is 24.8 Å². The molecule has 8 heteroatoms. The molecular formula is C17H25N7O. The fourth-order valence-corrected chi connectivity index (χ4v) is 3.68. The van der Waals surface area contributed by atoms with Gasteiger partial charge in [-0.2, -0.15) is 5.10 Å². The molecule has 1 amide bonds. The summed E-state index contributed by atoms with van der Waals surface area (Å²) in [6, 6.07) is 2.49. The van der Waals surface area contributed by atoms with E-state index >= 15 is 0 Å². The van der Waals surface area contributed by atoms with Crippen LogP contribution in [0, 0.1) is 0 Å². The summed E-state index contributed by atoms with van der Waals surface area (Å²) < 4.78 is 4.27. The molecule has 0 unspecified atom stereocenters. The normalized spacial score (nSPS) is 19.4. The predicted octanol–water partition coefficient (Wildman–Crippen LogP) is 0.913. The van der Waals surface area contributed by atoms with E-state index in [-0.39, 0.29) is 5.91 Å². The third-order valence-corrected chi connectivity index (χ3v) is 5.19. The molecule has 1 aliphatic heterocycles. The van der Waals surface area contributed by atoms with E-state index in [9.17, 15) is 4.79 Å². The maximum Gasteiger partial charge on any atom is 0.218 e. The molecule has 2 aromatic heterocycles. The first-order chi connectivity index (χ1) is 12.2. The Balaban J connectivity index is 1.44. The summed E-state index contributed by atoms with van der Waals surface area (Å²) in [5.41, 5.74) is 5.25. The van der Waals surface area contributed by atoms with Gasteiger partial charge in [0.25, 0.3) is 0 Å². The number of aromatic nitrogens is 5. The van der Waals surface area contributed by atoms with Gasteiger partial charge < -0.3 is 15.2 Å². The van der Waals surface area contributed by atoms with E-state index in [0.29, 0.717) is 24.9 Å². The summed E-state index contributed by atoms with van der Waals surface area (Å²) in [5, 5.41) is 13.3. The molecule has 2 aromatic rings. The van der Waals surface area contributed by atoms with Crippen LogP contribution in [0.15, 0.2) is 18.5 Å². The number of amides is 1. The second kappa shape index (κ2) is 6.95. The van der Waals surface area contributed by atoms with Crippen molar-refractivity contribution in [3.05, 3.63) is 30.1 Å². The standard InChI is InChI=1S/C17H25N7O/c18-15(25)6-11-22-9-4-13(5-10-22)17-21-20-16(24(17)14-2-3-14)12-23-8-1-7-19-23/h1,7-8,13-14H,2-6,9-12H2,(H2,18,25). The van der Waals surface area contributed by atoms with Gasteiger partial charge in [-0.3, -0.25) is 9.48 Å². The lowest BCUT2D eigenvalue weighted by atomic mass is 9.95. The highest BCUT2D eigenvalue weighted by Gasteiger charge is 2.33. The Hall–Kier alpha value is -2.22. The maximum absolute atomic E-state index is 11.0. The minimum absolute atomic E-state index is 0.223. The highest BCUT2D eigenvalue weighted by molar-refractivity contribution is 5.73. The van der Waals surface area contributed by atoms with Crippen molar-refractivity contribution in [1.82, 2.24) is 29.4 Å². The van der Waals surface area contributed by atoms with E-state index < -0.39 is 0 Å². The summed E-state index contributed by atoms with van der Waals surface area (Å²) in [5.74, 6) is 2.37. The number of likely N-dealkylation sites (tertiary alicyclic amines) is 1. The average molecular weight is 343 g/mol. The molecule has 134 valence electrons. The molecule has 2 aliphatic rings. The minimum atomic E-state index is -0.223. The van der Waals surface area contributed by atoms with E-state index in [1.54, 1.807) is 6.20 Å². The summed E-state index contributed by atoms with van der Waals surface area (Å²) >= 11 is 0. The molecule has 1 saturated carbocycles. The molecule has 4 rings (SSSR count). The zero-order valence-corrected chi connectivity index (χ0v) is 14.4. The fraction of sp³-hybridized carbons (Fsp3) is 0.647. The van der Waals surface area contributed by atoms with Gasteiger partial charge in [-0.15, -0.1) is 10.2 Å². The third-order valence-electron chi connectivity index (χ3n) is 5.19. The number of nitrogens with two attached hydrogens (primary N) is 1. The van der Waals surface area contributed by atoms with Crippen LogP contribution in [0.25, 0.3) is 0 Å². The van der Waals surface area contributed by atoms with Crippen molar-refractivity contribution in [1.29, 1.82) is 0 Å². The van der Waals surface area contributed by atoms with Crippen LogP contribution >= 0.6 is 0 Å². The van der Waals surface area contributed by atoms with E-state index in [1.165, 1.54) is 12.8 Å². The van der Waals surface area contributed by atoms with Crippen LogP contribution in [0.3, 0.4) is 0 Å². The number of rotatable bonds is 7. The van der Waals surface area contributed by atoms with Crippen molar-refractivity contribution in [3.8, 4) is 0 Å². The molecule has 0 aromatic carbocycles. The maximum atomic E-state index is 11.0. The molecule has 2 N–H and O–H groups in total. The first-order valence-corrected chi connectivity index (χ1v) is 9.12. The van der Waals surface area contributed by atoms with Crippen LogP contribution < -0.4 is 5.73 Å². The van der Waals surface area contributed by atoms with Gasteiger partial charge in [-0.1, -0.05) is 0 Å². The number of piperidine rings is 1. The van der Waals surface area contributed by atoms with Gasteiger partial charge in [0.15, 0.2) is 5.82 Å². The summed E-state index contributed by atoms with van der Waals surface area (Å²) in [6.07, 6.45) is 8.75. The van der Waals surface area contributed by atoms with Crippen LogP contribution in [0.1, 0.15) is 55.7 Å². The number of carbonyl (C=O) groups is 1. The van der Waals surface area contributed by atoms with Gasteiger partial charge in [-0.25, -0.2) is 0 Å². The van der Waals surface area contributed by atoms with Crippen molar-refractivity contribution >= 4 is 5.91 Å². The van der Waals surface area contributed by atoms with Gasteiger partial charge in [0.05, 0.1) is 0 Å². The van der Waals surface area contributed by atoms with E-state index in [0.717, 1.165) is 44.1 Å². The third kappa shape index (κ3) is 3.73. The highest BCUT2D eigenvalue weighted by atomic mass is 16.1. The number of hydrogen-bond donors (Lipinski definition) is 1. The van der Waals surface area contributed by atoms with Crippen LogP contribution in [-0.2, 0) is 11.3 Å². The lowest BCUT2D eigenvalue weighted by Gasteiger charge is -2.31. The minimum Gasteiger partial charge on any atom is -0.370 e. The lowest BCUT2D eigenvalue weighted by Crippen LogP contribution is -2.36. The van der Waals surface area contributed by atoms with Crippen molar-refractivity contribution in [2.75, 3.05) is 19.6 Å². The Bertz CT molecular complexity index is 711. The first kappa shape index (κ1) is 16.3. The Kier molecular flexibility index (Phi) is 4.52. The molecule has 2 fully saturated rings. The van der Waals surface area contributed by atoms with Gasteiger partial charge in [0, 0.05) is 37.3 Å². The SMILES string of the molecule is NC(=O)CCN1CCC(c2nnc(Cn3cccn3)n2C2CC2)CC1. The topological polar surface area (TPSA) is 94.9 Å². The first-order valence-electron chi connectivity index (χ1n) is 9.12. The van der Waals surface area contributed by atoms with E-state index in [1.807, 2.05) is 16.9 Å². The van der Waals surface area contributed by atoms with Crippen LogP contribution in [0.4, 0.5) is 0 Å². The lowest BCUT2D eigenvalue weighted by molar-refractivity contribution is -0.118. The second-order valence-electron chi connectivity index (χ2n) is 7.11. The molecule has 1 aliphatic carbocycles. The molecular weight excluding hydrogens is 318 g/mol. The van der Waals surface area contributed by atoms with E-state index in [4.69, 9.17) is 5.73 Å². The second-order valence-corrected chi connectivity index (χ2v) is 7.11. The molecule has 0 radical (unpaired) electrons. The van der Waals surface area contributed by atoms with Crippen molar-refractivity contribution in [3.63, 3.8) is 0 Å². The quantitative estimate of drug-likeness (QED) is 0.806. The molecule has 8 nitrogen and oxygen atoms in total. The molecule has 3 heterocycles. The van der Waals surface area contributed by atoms with Gasteiger partial charge in [0.2, 0.25) is 5.91 Å². The summed E-state index contributed by atoms with van der Waals surface area (Å²) in [6.45, 7) is 3.42. The highest BCUT2D eigenvalue weighted by Crippen LogP contribution is 2.39. The molecule has 0 bridgehead atoms. The van der Waals surface area contributed by atoms with Crippen LogP contribution in [0.5, 0.6) is 0 Å². The number of hydrogen-bond acceptors (Lipinski definition) is 5. The van der Waals surface area contributed by atoms with Crippen LogP contribution in [0.2, 0.25) is 0 Å². The number of carbonyl (C=O) groups excluding carboxylic acids is 1. The Labute approximate surface area is 147 Å². The summed E-state index contributed by atoms with van der Waals surface area (Å²) in [7, 11) is 0. The smallest absolute Gasteiger partial charge is 0.218 e. The van der Waals surface area contributed by atoms with Crippen molar-refractivity contribution in [2.24, 2.45) is 5.73 Å². The summed E-state index contributed by atoms with van der Waals surface area (Å²) in [4.78, 5) is 13.3. The molecule has 1 saturated heterocycles. The Morgan fingerprint density at radius 1 is 1.20 bits per heavy atom. The van der Waals surface area contributed by atoms with Gasteiger partial charge >= 0.3 is 0 Å². The predicted molar refractivity (Wildman–Crippen MR) is 91.8 cm³/mol. The van der Waals surface area contributed by atoms with Crippen molar-refractivity contribution in [2.45, 2.75) is 50.6 Å².